The second-order valence-corrected chi connectivity index (χ2v) is 6.54. The van der Waals surface area contributed by atoms with E-state index in [1.807, 2.05) is 26.0 Å². The smallest absolute Gasteiger partial charge is 0.457 e. The molecule has 25 heavy (non-hydrogen) atoms. The number of benzene rings is 1. The van der Waals surface area contributed by atoms with Gasteiger partial charge in [-0.2, -0.15) is 0 Å². The van der Waals surface area contributed by atoms with Crippen molar-refractivity contribution in [1.29, 1.82) is 0 Å². The normalized spacial score (nSPS) is 34.6. The summed E-state index contributed by atoms with van der Waals surface area (Å²) in [5.74, 6) is 0.678. The third kappa shape index (κ3) is 3.39. The summed E-state index contributed by atoms with van der Waals surface area (Å²) in [6, 6.07) is 7.21. The van der Waals surface area contributed by atoms with Crippen molar-refractivity contribution in [2.45, 2.75) is 57.2 Å². The van der Waals surface area contributed by atoms with Crippen molar-refractivity contribution in [3.05, 3.63) is 24.3 Å². The molecule has 0 spiro atoms. The Hall–Kier alpha value is -1.25. The van der Waals surface area contributed by atoms with Gasteiger partial charge in [-0.1, -0.05) is 13.8 Å². The summed E-state index contributed by atoms with van der Waals surface area (Å²) in [4.78, 5) is 0. The van der Waals surface area contributed by atoms with Gasteiger partial charge >= 0.3 is 14.2 Å². The lowest BCUT2D eigenvalue weighted by Crippen LogP contribution is -2.39. The lowest BCUT2D eigenvalue weighted by molar-refractivity contribution is -0.128. The standard InChI is InChI=1S/C16H23B2NO6/c1-3-17-20-9-12(23-17)13-14-15(25-18(4-2)24-14)16(22-13)21-11-7-5-10(19)6-8-11/h5-8,12-16H,3-4,9,19H2,1-2H3. The number of rotatable bonds is 5. The van der Waals surface area contributed by atoms with Crippen LogP contribution < -0.4 is 10.5 Å². The van der Waals surface area contributed by atoms with Gasteiger partial charge in [-0.15, -0.1) is 0 Å². The van der Waals surface area contributed by atoms with E-state index in [0.717, 1.165) is 12.6 Å². The minimum absolute atomic E-state index is 0.184. The molecule has 3 aliphatic heterocycles. The summed E-state index contributed by atoms with van der Waals surface area (Å²) in [7, 11) is -0.434. The van der Waals surface area contributed by atoms with E-state index in [2.05, 4.69) is 0 Å². The van der Waals surface area contributed by atoms with Crippen LogP contribution in [0.1, 0.15) is 13.8 Å². The van der Waals surface area contributed by atoms with Gasteiger partial charge in [-0.05, 0) is 36.9 Å². The van der Waals surface area contributed by atoms with E-state index < -0.39 is 6.29 Å². The monoisotopic (exact) mass is 347 g/mol. The predicted octanol–water partition coefficient (Wildman–Crippen LogP) is 1.59. The highest BCUT2D eigenvalue weighted by atomic mass is 16.8. The topological polar surface area (TPSA) is 81.4 Å². The number of hydrogen-bond donors (Lipinski definition) is 1. The van der Waals surface area contributed by atoms with Gasteiger partial charge in [-0.3, -0.25) is 0 Å². The van der Waals surface area contributed by atoms with Gasteiger partial charge in [0.25, 0.3) is 0 Å². The van der Waals surface area contributed by atoms with Crippen molar-refractivity contribution >= 4 is 19.9 Å². The SMILES string of the molecule is CCB1OCC(C2OC(Oc3ccc(N)cc3)C3OB(CC)OC23)O1. The summed E-state index contributed by atoms with van der Waals surface area (Å²) >= 11 is 0. The van der Waals surface area contributed by atoms with Crippen molar-refractivity contribution in [3.63, 3.8) is 0 Å². The molecular formula is C16H23B2NO6. The molecule has 0 saturated carbocycles. The van der Waals surface area contributed by atoms with Crippen LogP contribution in [0.3, 0.4) is 0 Å². The maximum Gasteiger partial charge on any atom is 0.457 e. The maximum atomic E-state index is 6.12. The minimum Gasteiger partial charge on any atom is -0.462 e. The van der Waals surface area contributed by atoms with Gasteiger partial charge in [0, 0.05) is 5.69 Å². The molecule has 1 aromatic rings. The van der Waals surface area contributed by atoms with E-state index in [4.69, 9.17) is 33.8 Å². The Morgan fingerprint density at radius 2 is 1.72 bits per heavy atom. The average molecular weight is 347 g/mol. The second-order valence-electron chi connectivity index (χ2n) is 6.54. The molecule has 5 unspecified atom stereocenters. The number of ether oxygens (including phenoxy) is 2. The molecule has 9 heteroatoms. The molecule has 3 heterocycles. The van der Waals surface area contributed by atoms with E-state index >= 15 is 0 Å². The molecule has 3 fully saturated rings. The third-order valence-corrected chi connectivity index (χ3v) is 4.76. The summed E-state index contributed by atoms with van der Waals surface area (Å²) in [6.07, 6.45) is 0.0312. The van der Waals surface area contributed by atoms with Crippen molar-refractivity contribution in [3.8, 4) is 5.75 Å². The minimum atomic E-state index is -0.556. The quantitative estimate of drug-likeness (QED) is 0.640. The number of nitrogen functional groups attached to an aromatic ring is 1. The Bertz CT molecular complexity index is 590. The van der Waals surface area contributed by atoms with Crippen LogP contribution in [-0.2, 0) is 23.4 Å². The lowest BCUT2D eigenvalue weighted by Gasteiger charge is -2.23. The average Bonchev–Trinajstić information content (AvgIpc) is 3.32. The van der Waals surface area contributed by atoms with Gasteiger partial charge in [0.05, 0.1) is 12.7 Å². The van der Waals surface area contributed by atoms with Crippen LogP contribution in [-0.4, -0.2) is 51.5 Å². The largest absolute Gasteiger partial charge is 0.462 e. The fourth-order valence-corrected chi connectivity index (χ4v) is 3.46. The molecule has 0 bridgehead atoms. The number of nitrogens with two attached hydrogens (primary N) is 1. The molecule has 0 radical (unpaired) electrons. The van der Waals surface area contributed by atoms with Gasteiger partial charge in [-0.25, -0.2) is 0 Å². The van der Waals surface area contributed by atoms with E-state index in [-0.39, 0.29) is 38.7 Å². The third-order valence-electron chi connectivity index (χ3n) is 4.76. The molecule has 0 amide bonds. The van der Waals surface area contributed by atoms with Crippen LogP contribution in [0.5, 0.6) is 5.75 Å². The van der Waals surface area contributed by atoms with Gasteiger partial charge in [0.2, 0.25) is 6.29 Å². The highest BCUT2D eigenvalue weighted by molar-refractivity contribution is 6.45. The fourth-order valence-electron chi connectivity index (χ4n) is 3.46. The Balaban J connectivity index is 1.49. The zero-order chi connectivity index (χ0) is 17.4. The first-order valence-electron chi connectivity index (χ1n) is 8.93. The molecule has 0 aliphatic carbocycles. The Morgan fingerprint density at radius 3 is 2.40 bits per heavy atom. The first-order valence-corrected chi connectivity index (χ1v) is 8.93. The highest BCUT2D eigenvalue weighted by Crippen LogP contribution is 2.38. The molecule has 7 nitrogen and oxygen atoms in total. The summed E-state index contributed by atoms with van der Waals surface area (Å²) in [5.41, 5.74) is 6.41. The zero-order valence-corrected chi connectivity index (χ0v) is 14.5. The van der Waals surface area contributed by atoms with Crippen molar-refractivity contribution < 1.29 is 28.1 Å². The molecule has 2 N–H and O–H groups in total. The van der Waals surface area contributed by atoms with Gasteiger partial charge in [0.15, 0.2) is 0 Å². The molecule has 3 saturated heterocycles. The van der Waals surface area contributed by atoms with Crippen LogP contribution in [0.25, 0.3) is 0 Å². The van der Waals surface area contributed by atoms with Crippen LogP contribution in [0.4, 0.5) is 5.69 Å². The molecule has 3 aliphatic rings. The Kier molecular flexibility index (Phi) is 4.92. The van der Waals surface area contributed by atoms with Gasteiger partial charge < -0.3 is 33.8 Å². The van der Waals surface area contributed by atoms with E-state index in [0.29, 0.717) is 18.0 Å². The van der Waals surface area contributed by atoms with Gasteiger partial charge in [0.1, 0.15) is 24.1 Å². The van der Waals surface area contributed by atoms with Crippen molar-refractivity contribution in [2.24, 2.45) is 0 Å². The van der Waals surface area contributed by atoms with E-state index in [1.54, 1.807) is 12.1 Å². The van der Waals surface area contributed by atoms with Crippen LogP contribution in [0.2, 0.25) is 12.6 Å². The van der Waals surface area contributed by atoms with E-state index in [1.165, 1.54) is 0 Å². The maximum absolute atomic E-state index is 6.12. The molecule has 5 atom stereocenters. The van der Waals surface area contributed by atoms with Crippen molar-refractivity contribution in [2.75, 3.05) is 12.3 Å². The molecular weight excluding hydrogens is 324 g/mol. The van der Waals surface area contributed by atoms with E-state index in [9.17, 15) is 0 Å². The predicted molar refractivity (Wildman–Crippen MR) is 93.2 cm³/mol. The number of hydrogen-bond acceptors (Lipinski definition) is 7. The van der Waals surface area contributed by atoms with Crippen LogP contribution in [0, 0.1) is 0 Å². The number of fused-ring (bicyclic) bond motifs is 1. The molecule has 4 rings (SSSR count). The van der Waals surface area contributed by atoms with Crippen LogP contribution in [0.15, 0.2) is 24.3 Å². The van der Waals surface area contributed by atoms with Crippen LogP contribution >= 0.6 is 0 Å². The first-order chi connectivity index (χ1) is 12.2. The molecule has 0 aromatic heterocycles. The Labute approximate surface area is 148 Å². The first kappa shape index (κ1) is 17.2. The summed E-state index contributed by atoms with van der Waals surface area (Å²) < 4.78 is 35.7. The summed E-state index contributed by atoms with van der Waals surface area (Å²) in [6.45, 7) is 4.54. The summed E-state index contributed by atoms with van der Waals surface area (Å²) in [5, 5.41) is 0. The van der Waals surface area contributed by atoms with Crippen molar-refractivity contribution in [1.82, 2.24) is 0 Å². The number of anilines is 1. The molecule has 134 valence electrons. The zero-order valence-electron chi connectivity index (χ0n) is 14.5. The lowest BCUT2D eigenvalue weighted by atomic mass is 9.86. The fraction of sp³-hybridized carbons (Fsp3) is 0.625. The second kappa shape index (κ2) is 7.17. The molecule has 1 aromatic carbocycles. The highest BCUT2D eigenvalue weighted by Gasteiger charge is 2.58. The Morgan fingerprint density at radius 1 is 1.00 bits per heavy atom.